The van der Waals surface area contributed by atoms with Gasteiger partial charge in [-0.3, -0.25) is 0 Å². The van der Waals surface area contributed by atoms with Crippen LogP contribution in [0.4, 0.5) is 5.69 Å². The Balaban J connectivity index is 2.44. The Bertz CT molecular complexity index is 569. The van der Waals surface area contributed by atoms with Gasteiger partial charge in [0.2, 0.25) is 5.89 Å². The van der Waals surface area contributed by atoms with Crippen molar-refractivity contribution in [3.63, 3.8) is 0 Å². The molecule has 0 unspecified atom stereocenters. The summed E-state index contributed by atoms with van der Waals surface area (Å²) in [5.74, 6) is 0.734. The van der Waals surface area contributed by atoms with E-state index in [-0.39, 0.29) is 5.41 Å². The molecule has 1 aromatic carbocycles. The average molecular weight is 266 g/mol. The fourth-order valence-electron chi connectivity index (χ4n) is 1.45. The second kappa shape index (κ2) is 4.31. The average Bonchev–Trinajstić information content (AvgIpc) is 2.58. The highest BCUT2D eigenvalue weighted by Crippen LogP contribution is 2.27. The second-order valence-corrected chi connectivity index (χ2v) is 6.04. The van der Waals surface area contributed by atoms with Crippen molar-refractivity contribution < 1.29 is 4.42 Å². The molecule has 17 heavy (non-hydrogen) atoms. The Labute approximate surface area is 111 Å². The predicted octanol–water partition coefficient (Wildman–Crippen LogP) is 3.75. The number of fused-ring (bicyclic) bond motifs is 1. The van der Waals surface area contributed by atoms with Crippen LogP contribution in [0.3, 0.4) is 0 Å². The summed E-state index contributed by atoms with van der Waals surface area (Å²) in [7, 11) is 0. The molecule has 2 rings (SSSR count). The van der Waals surface area contributed by atoms with Gasteiger partial charge in [0, 0.05) is 11.1 Å². The van der Waals surface area contributed by atoms with Gasteiger partial charge in [-0.05, 0) is 18.2 Å². The monoisotopic (exact) mass is 266 g/mol. The molecule has 1 N–H and O–H groups in total. The lowest BCUT2D eigenvalue weighted by Crippen LogP contribution is -2.10. The summed E-state index contributed by atoms with van der Waals surface area (Å²) >= 11 is 8.91. The maximum atomic E-state index is 5.70. The molecule has 1 heterocycles. The van der Waals surface area contributed by atoms with Crippen molar-refractivity contribution in [2.75, 3.05) is 5.32 Å². The molecule has 0 saturated carbocycles. The van der Waals surface area contributed by atoms with Gasteiger partial charge in [0.25, 0.3) is 0 Å². The zero-order valence-electron chi connectivity index (χ0n) is 9.94. The minimum atomic E-state index is -0.0918. The van der Waals surface area contributed by atoms with Gasteiger partial charge in [-0.2, -0.15) is 0 Å². The molecule has 5 heteroatoms. The van der Waals surface area contributed by atoms with Crippen molar-refractivity contribution in [1.29, 1.82) is 0 Å². The molecule has 0 amide bonds. The fraction of sp³-hybridized carbons (Fsp3) is 0.333. The van der Waals surface area contributed by atoms with Crippen molar-refractivity contribution in [3.8, 4) is 0 Å². The number of rotatable bonds is 1. The zero-order valence-corrected chi connectivity index (χ0v) is 11.7. The number of thiol groups is 1. The van der Waals surface area contributed by atoms with E-state index in [1.54, 1.807) is 0 Å². The van der Waals surface area contributed by atoms with Crippen LogP contribution in [0.5, 0.6) is 0 Å². The van der Waals surface area contributed by atoms with Gasteiger partial charge >= 0.3 is 0 Å². The molecule has 0 fully saturated rings. The van der Waals surface area contributed by atoms with Gasteiger partial charge < -0.3 is 9.73 Å². The van der Waals surface area contributed by atoms with Gasteiger partial charge in [0.1, 0.15) is 9.84 Å². The third-order valence-corrected chi connectivity index (χ3v) is 2.49. The number of nitrogens with one attached hydrogen (secondary N) is 1. The standard InChI is InChI=1S/C12H14N2OS2/c1-12(2,3)10-14-8-6-7(13-11(16)17)4-5-9(8)15-10/h4-6H,1-3H3,(H2,13,16,17). The maximum absolute atomic E-state index is 5.70. The third kappa shape index (κ3) is 2.79. The smallest absolute Gasteiger partial charge is 0.200 e. The first-order chi connectivity index (χ1) is 7.86. The number of oxazole rings is 1. The number of hydrogen-bond acceptors (Lipinski definition) is 3. The van der Waals surface area contributed by atoms with Crippen molar-refractivity contribution in [1.82, 2.24) is 4.98 Å². The summed E-state index contributed by atoms with van der Waals surface area (Å²) in [6.45, 7) is 6.21. The van der Waals surface area contributed by atoms with E-state index in [4.69, 9.17) is 16.6 Å². The first-order valence-corrected chi connectivity index (χ1v) is 6.13. The molecule has 3 nitrogen and oxygen atoms in total. The van der Waals surface area contributed by atoms with Crippen LogP contribution in [0.15, 0.2) is 22.6 Å². The molecule has 0 aliphatic carbocycles. The highest BCUT2D eigenvalue weighted by Gasteiger charge is 2.20. The molecule has 0 aliphatic heterocycles. The Hall–Kier alpha value is -1.07. The Morgan fingerprint density at radius 3 is 2.71 bits per heavy atom. The van der Waals surface area contributed by atoms with Crippen LogP contribution in [0.1, 0.15) is 26.7 Å². The number of aromatic nitrogens is 1. The maximum Gasteiger partial charge on any atom is 0.200 e. The molecule has 90 valence electrons. The normalized spacial score (nSPS) is 11.8. The van der Waals surface area contributed by atoms with Gasteiger partial charge in [0.05, 0.1) is 0 Å². The van der Waals surface area contributed by atoms with Gasteiger partial charge in [-0.1, -0.05) is 33.0 Å². The van der Waals surface area contributed by atoms with Crippen molar-refractivity contribution in [2.45, 2.75) is 26.2 Å². The van der Waals surface area contributed by atoms with Crippen LogP contribution in [0.25, 0.3) is 11.1 Å². The first-order valence-electron chi connectivity index (χ1n) is 5.27. The molecule has 0 spiro atoms. The van der Waals surface area contributed by atoms with Crippen LogP contribution in [0.2, 0.25) is 0 Å². The van der Waals surface area contributed by atoms with E-state index in [9.17, 15) is 0 Å². The Kier molecular flexibility index (Phi) is 3.14. The van der Waals surface area contributed by atoms with Crippen molar-refractivity contribution >= 4 is 46.0 Å². The first kappa shape index (κ1) is 12.4. The molecule has 0 saturated heterocycles. The molecular formula is C12H14N2OS2. The third-order valence-electron chi connectivity index (χ3n) is 2.28. The van der Waals surface area contributed by atoms with E-state index in [1.807, 2.05) is 18.2 Å². The summed E-state index contributed by atoms with van der Waals surface area (Å²) in [4.78, 5) is 4.48. The molecule has 0 bridgehead atoms. The van der Waals surface area contributed by atoms with E-state index in [2.05, 4.69) is 43.7 Å². The molecule has 0 atom stereocenters. The van der Waals surface area contributed by atoms with Crippen LogP contribution in [-0.2, 0) is 5.41 Å². The molecule has 2 aromatic rings. The predicted molar refractivity (Wildman–Crippen MR) is 77.9 cm³/mol. The van der Waals surface area contributed by atoms with Crippen LogP contribution < -0.4 is 5.32 Å². The highest BCUT2D eigenvalue weighted by molar-refractivity contribution is 8.11. The van der Waals surface area contributed by atoms with E-state index < -0.39 is 0 Å². The van der Waals surface area contributed by atoms with Crippen LogP contribution in [-0.4, -0.2) is 9.30 Å². The Morgan fingerprint density at radius 2 is 2.12 bits per heavy atom. The van der Waals surface area contributed by atoms with Crippen LogP contribution in [0, 0.1) is 0 Å². The van der Waals surface area contributed by atoms with Crippen molar-refractivity contribution in [3.05, 3.63) is 24.1 Å². The van der Waals surface area contributed by atoms with Gasteiger partial charge in [0.15, 0.2) is 5.58 Å². The van der Waals surface area contributed by atoms with Crippen LogP contribution >= 0.6 is 24.8 Å². The summed E-state index contributed by atoms with van der Waals surface area (Å²) < 4.78 is 6.14. The van der Waals surface area contributed by atoms with E-state index >= 15 is 0 Å². The second-order valence-electron chi connectivity index (χ2n) is 4.88. The summed E-state index contributed by atoms with van der Waals surface area (Å²) in [5.41, 5.74) is 2.38. The lowest BCUT2D eigenvalue weighted by molar-refractivity contribution is 0.411. The molecular weight excluding hydrogens is 252 g/mol. The van der Waals surface area contributed by atoms with Gasteiger partial charge in [-0.25, -0.2) is 4.98 Å². The summed E-state index contributed by atoms with van der Waals surface area (Å²) in [5, 5.41) is 2.96. The minimum absolute atomic E-state index is 0.0918. The summed E-state index contributed by atoms with van der Waals surface area (Å²) in [6, 6.07) is 5.67. The number of benzene rings is 1. The SMILES string of the molecule is CC(C)(C)c1nc2cc(NC(=S)S)ccc2o1. The molecule has 0 radical (unpaired) electrons. The molecule has 0 aliphatic rings. The lowest BCUT2D eigenvalue weighted by Gasteiger charge is -2.11. The van der Waals surface area contributed by atoms with E-state index in [0.717, 1.165) is 22.7 Å². The topological polar surface area (TPSA) is 38.1 Å². The lowest BCUT2D eigenvalue weighted by atomic mass is 9.97. The fourth-order valence-corrected chi connectivity index (χ4v) is 1.70. The van der Waals surface area contributed by atoms with E-state index in [0.29, 0.717) is 4.32 Å². The number of nitrogens with zero attached hydrogens (tertiary/aromatic N) is 1. The largest absolute Gasteiger partial charge is 0.440 e. The van der Waals surface area contributed by atoms with Crippen molar-refractivity contribution in [2.24, 2.45) is 0 Å². The Morgan fingerprint density at radius 1 is 1.41 bits per heavy atom. The summed E-state index contributed by atoms with van der Waals surface area (Å²) in [6.07, 6.45) is 0. The van der Waals surface area contributed by atoms with E-state index in [1.165, 1.54) is 0 Å². The quantitative estimate of drug-likeness (QED) is 0.609. The molecule has 1 aromatic heterocycles. The zero-order chi connectivity index (χ0) is 12.6. The number of thiocarbonyl (C=S) groups is 1. The minimum Gasteiger partial charge on any atom is -0.440 e. The number of anilines is 1. The number of hydrogen-bond donors (Lipinski definition) is 2. The highest BCUT2D eigenvalue weighted by atomic mass is 32.1. The van der Waals surface area contributed by atoms with Gasteiger partial charge in [-0.15, -0.1) is 12.6 Å².